The third-order valence-corrected chi connectivity index (χ3v) is 2.98. The summed E-state index contributed by atoms with van der Waals surface area (Å²) in [6.07, 6.45) is 0. The van der Waals surface area contributed by atoms with Gasteiger partial charge < -0.3 is 10.2 Å². The van der Waals surface area contributed by atoms with Gasteiger partial charge in [0.05, 0.1) is 5.56 Å². The molecule has 0 fully saturated rings. The molecule has 4 heteroatoms. The van der Waals surface area contributed by atoms with Crippen LogP contribution in [-0.2, 0) is 6.54 Å². The smallest absolute Gasteiger partial charge is 0.100 e. The molecule has 0 aliphatic rings. The van der Waals surface area contributed by atoms with Crippen LogP contribution in [0.1, 0.15) is 17.4 Å². The first-order valence-corrected chi connectivity index (χ1v) is 5.85. The molecule has 0 amide bonds. The molecule has 1 aromatic heterocycles. The molecule has 1 heterocycles. The van der Waals surface area contributed by atoms with Crippen molar-refractivity contribution >= 4 is 11.3 Å². The van der Waals surface area contributed by atoms with Crippen LogP contribution in [0, 0.1) is 11.3 Å². The Bertz CT molecular complexity index is 338. The van der Waals surface area contributed by atoms with Crippen LogP contribution in [-0.4, -0.2) is 31.6 Å². The van der Waals surface area contributed by atoms with Crippen LogP contribution >= 0.6 is 11.3 Å². The van der Waals surface area contributed by atoms with E-state index < -0.39 is 0 Å². The molecule has 0 bridgehead atoms. The van der Waals surface area contributed by atoms with Crippen LogP contribution in [0.2, 0.25) is 0 Å². The Labute approximate surface area is 95.3 Å². The second kappa shape index (κ2) is 5.86. The van der Waals surface area contributed by atoms with Gasteiger partial charge in [-0.3, -0.25) is 0 Å². The number of likely N-dealkylation sites (N-methyl/N-ethyl adjacent to an activating group) is 1. The van der Waals surface area contributed by atoms with E-state index in [1.54, 1.807) is 11.3 Å². The summed E-state index contributed by atoms with van der Waals surface area (Å²) >= 11 is 1.64. The predicted octanol–water partition coefficient (Wildman–Crippen LogP) is 1.66. The first-order valence-electron chi connectivity index (χ1n) is 4.97. The van der Waals surface area contributed by atoms with Crippen LogP contribution in [0.15, 0.2) is 11.4 Å². The Morgan fingerprint density at radius 3 is 2.87 bits per heavy atom. The highest BCUT2D eigenvalue weighted by Crippen LogP contribution is 2.13. The summed E-state index contributed by atoms with van der Waals surface area (Å²) in [5, 5.41) is 14.0. The maximum atomic E-state index is 8.68. The molecule has 15 heavy (non-hydrogen) atoms. The van der Waals surface area contributed by atoms with Crippen molar-refractivity contribution in [1.29, 1.82) is 5.26 Å². The fourth-order valence-electron chi connectivity index (χ4n) is 1.42. The Morgan fingerprint density at radius 2 is 2.33 bits per heavy atom. The predicted molar refractivity (Wildman–Crippen MR) is 63.9 cm³/mol. The molecular weight excluding hydrogens is 206 g/mol. The largest absolute Gasteiger partial charge is 0.308 e. The van der Waals surface area contributed by atoms with E-state index >= 15 is 0 Å². The number of nitrogens with zero attached hydrogens (tertiary/aromatic N) is 2. The maximum absolute atomic E-state index is 8.68. The monoisotopic (exact) mass is 223 g/mol. The molecule has 1 atom stereocenters. The molecular formula is C11H17N3S. The van der Waals surface area contributed by atoms with Gasteiger partial charge in [0.25, 0.3) is 0 Å². The SMILES string of the molecule is CC(CN(C)C)NCc1cc(C#N)cs1. The Balaban J connectivity index is 2.34. The molecule has 82 valence electrons. The van der Waals surface area contributed by atoms with Crippen molar-refractivity contribution in [2.75, 3.05) is 20.6 Å². The highest BCUT2D eigenvalue weighted by Gasteiger charge is 2.04. The zero-order chi connectivity index (χ0) is 11.3. The summed E-state index contributed by atoms with van der Waals surface area (Å²) in [6.45, 7) is 4.04. The molecule has 1 aromatic rings. The summed E-state index contributed by atoms with van der Waals surface area (Å²) in [7, 11) is 4.13. The van der Waals surface area contributed by atoms with Crippen LogP contribution in [0.4, 0.5) is 0 Å². The van der Waals surface area contributed by atoms with Crippen molar-refractivity contribution in [1.82, 2.24) is 10.2 Å². The molecule has 0 spiro atoms. The van der Waals surface area contributed by atoms with Gasteiger partial charge in [0, 0.05) is 29.4 Å². The number of hydrogen-bond acceptors (Lipinski definition) is 4. The summed E-state index contributed by atoms with van der Waals surface area (Å²) in [4.78, 5) is 3.38. The van der Waals surface area contributed by atoms with Crippen LogP contribution in [0.3, 0.4) is 0 Å². The normalized spacial score (nSPS) is 12.7. The van der Waals surface area contributed by atoms with E-state index in [1.165, 1.54) is 4.88 Å². The summed E-state index contributed by atoms with van der Waals surface area (Å²) in [5.41, 5.74) is 0.761. The van der Waals surface area contributed by atoms with Crippen molar-refractivity contribution in [2.45, 2.75) is 19.5 Å². The van der Waals surface area contributed by atoms with Gasteiger partial charge in [-0.1, -0.05) is 0 Å². The van der Waals surface area contributed by atoms with Crippen molar-refractivity contribution in [3.8, 4) is 6.07 Å². The molecule has 1 unspecified atom stereocenters. The van der Waals surface area contributed by atoms with E-state index in [1.807, 2.05) is 11.4 Å². The van der Waals surface area contributed by atoms with E-state index in [-0.39, 0.29) is 0 Å². The van der Waals surface area contributed by atoms with Crippen molar-refractivity contribution in [3.63, 3.8) is 0 Å². The third-order valence-electron chi connectivity index (χ3n) is 2.05. The van der Waals surface area contributed by atoms with Crippen molar-refractivity contribution in [2.24, 2.45) is 0 Å². The van der Waals surface area contributed by atoms with E-state index in [2.05, 4.69) is 37.3 Å². The van der Waals surface area contributed by atoms with Crippen LogP contribution < -0.4 is 5.32 Å². The molecule has 0 saturated carbocycles. The van der Waals surface area contributed by atoms with E-state index in [9.17, 15) is 0 Å². The van der Waals surface area contributed by atoms with Gasteiger partial charge in [0.1, 0.15) is 6.07 Å². The molecule has 0 aliphatic heterocycles. The standard InChI is InChI=1S/C11H17N3S/c1-9(7-14(2)3)13-6-11-4-10(5-12)8-15-11/h4,8-9,13H,6-7H2,1-3H3. The molecule has 0 aromatic carbocycles. The van der Waals surface area contributed by atoms with Crippen LogP contribution in [0.5, 0.6) is 0 Å². The molecule has 0 radical (unpaired) electrons. The lowest BCUT2D eigenvalue weighted by atomic mass is 10.3. The quantitative estimate of drug-likeness (QED) is 0.825. The fraction of sp³-hybridized carbons (Fsp3) is 0.545. The van der Waals surface area contributed by atoms with E-state index in [0.29, 0.717) is 6.04 Å². The van der Waals surface area contributed by atoms with Crippen LogP contribution in [0.25, 0.3) is 0 Å². The zero-order valence-electron chi connectivity index (χ0n) is 9.45. The van der Waals surface area contributed by atoms with Gasteiger partial charge in [-0.25, -0.2) is 0 Å². The first-order chi connectivity index (χ1) is 7.11. The van der Waals surface area contributed by atoms with Gasteiger partial charge in [0.15, 0.2) is 0 Å². The first kappa shape index (κ1) is 12.2. The Hall–Kier alpha value is -0.890. The zero-order valence-corrected chi connectivity index (χ0v) is 10.3. The average Bonchev–Trinajstić information content (AvgIpc) is 2.61. The minimum absolute atomic E-state index is 0.465. The number of rotatable bonds is 5. The van der Waals surface area contributed by atoms with Crippen molar-refractivity contribution in [3.05, 3.63) is 21.9 Å². The van der Waals surface area contributed by atoms with Gasteiger partial charge >= 0.3 is 0 Å². The average molecular weight is 223 g/mol. The number of thiophene rings is 1. The van der Waals surface area contributed by atoms with Crippen molar-refractivity contribution < 1.29 is 0 Å². The minimum atomic E-state index is 0.465. The third kappa shape index (κ3) is 4.43. The molecule has 1 rings (SSSR count). The summed E-state index contributed by atoms with van der Waals surface area (Å²) in [5.74, 6) is 0. The molecule has 0 saturated heterocycles. The van der Waals surface area contributed by atoms with E-state index in [0.717, 1.165) is 18.7 Å². The summed E-state index contributed by atoms with van der Waals surface area (Å²) < 4.78 is 0. The lowest BCUT2D eigenvalue weighted by molar-refractivity contribution is 0.349. The van der Waals surface area contributed by atoms with Gasteiger partial charge in [-0.15, -0.1) is 11.3 Å². The fourth-order valence-corrected chi connectivity index (χ4v) is 2.18. The molecule has 1 N–H and O–H groups in total. The van der Waals surface area contributed by atoms with Gasteiger partial charge in [-0.2, -0.15) is 5.26 Å². The highest BCUT2D eigenvalue weighted by molar-refractivity contribution is 7.10. The maximum Gasteiger partial charge on any atom is 0.100 e. The number of hydrogen-bond donors (Lipinski definition) is 1. The second-order valence-corrected chi connectivity index (χ2v) is 4.95. The topological polar surface area (TPSA) is 39.1 Å². The molecule has 0 aliphatic carbocycles. The second-order valence-electron chi connectivity index (χ2n) is 3.96. The Kier molecular flexibility index (Phi) is 4.76. The summed E-state index contributed by atoms with van der Waals surface area (Å²) in [6, 6.07) is 4.55. The Morgan fingerprint density at radius 1 is 1.60 bits per heavy atom. The molecule has 3 nitrogen and oxygen atoms in total. The highest BCUT2D eigenvalue weighted by atomic mass is 32.1. The number of nitrogens with one attached hydrogen (secondary N) is 1. The minimum Gasteiger partial charge on any atom is -0.308 e. The lowest BCUT2D eigenvalue weighted by Gasteiger charge is -2.17. The van der Waals surface area contributed by atoms with E-state index in [4.69, 9.17) is 5.26 Å². The number of nitriles is 1. The van der Waals surface area contributed by atoms with Gasteiger partial charge in [-0.05, 0) is 27.1 Å². The van der Waals surface area contributed by atoms with Gasteiger partial charge in [0.2, 0.25) is 0 Å². The lowest BCUT2D eigenvalue weighted by Crippen LogP contribution is -2.35.